The first-order valence-electron chi connectivity index (χ1n) is 4.67. The molecule has 1 aromatic carbocycles. The maximum Gasteiger partial charge on any atom is 0.0323 e. The van der Waals surface area contributed by atoms with Crippen LogP contribution >= 0.6 is 0 Å². The first-order valence-corrected chi connectivity index (χ1v) is 4.67. The van der Waals surface area contributed by atoms with E-state index in [9.17, 15) is 0 Å². The minimum atomic E-state index is 0.598. The molecule has 1 aromatic rings. The van der Waals surface area contributed by atoms with Gasteiger partial charge in [-0.1, -0.05) is 30.3 Å². The zero-order chi connectivity index (χ0) is 8.39. The van der Waals surface area contributed by atoms with Gasteiger partial charge in [0.2, 0.25) is 0 Å². The van der Waals surface area contributed by atoms with Crippen molar-refractivity contribution in [3.8, 4) is 0 Å². The number of hydrogen-bond donors (Lipinski definition) is 1. The average molecular weight is 161 g/mol. The van der Waals surface area contributed by atoms with E-state index in [1.807, 2.05) is 0 Å². The lowest BCUT2D eigenvalue weighted by atomic mass is 10.1. The Morgan fingerprint density at radius 3 is 2.50 bits per heavy atom. The standard InChI is InChI=1S/C11H15N/c1-9-7-8-11(12-9)10-5-3-2-4-6-10/h2-6,9,11-12H,7-8H2,1H3/t9?,11-/m0/s1. The molecule has 1 N–H and O–H groups in total. The van der Waals surface area contributed by atoms with Crippen LogP contribution in [0.5, 0.6) is 0 Å². The van der Waals surface area contributed by atoms with E-state index in [-0.39, 0.29) is 0 Å². The number of nitrogens with one attached hydrogen (secondary N) is 1. The van der Waals surface area contributed by atoms with Crippen molar-refractivity contribution in [1.29, 1.82) is 0 Å². The third-order valence-corrected chi connectivity index (χ3v) is 2.58. The molecule has 1 aliphatic heterocycles. The van der Waals surface area contributed by atoms with Gasteiger partial charge < -0.3 is 5.32 Å². The summed E-state index contributed by atoms with van der Waals surface area (Å²) in [5.41, 5.74) is 1.43. The van der Waals surface area contributed by atoms with Gasteiger partial charge in [-0.15, -0.1) is 0 Å². The lowest BCUT2D eigenvalue weighted by Gasteiger charge is -2.11. The molecule has 2 atom stereocenters. The second-order valence-electron chi connectivity index (χ2n) is 3.61. The Labute approximate surface area is 73.8 Å². The summed E-state index contributed by atoms with van der Waals surface area (Å²) in [6.07, 6.45) is 2.59. The molecule has 2 rings (SSSR count). The van der Waals surface area contributed by atoms with Crippen LogP contribution in [0.2, 0.25) is 0 Å². The first-order chi connectivity index (χ1) is 5.86. The van der Waals surface area contributed by atoms with E-state index in [1.54, 1.807) is 0 Å². The summed E-state index contributed by atoms with van der Waals surface area (Å²) in [6.45, 7) is 2.25. The Hall–Kier alpha value is -0.820. The van der Waals surface area contributed by atoms with Crippen molar-refractivity contribution in [1.82, 2.24) is 5.32 Å². The van der Waals surface area contributed by atoms with Gasteiger partial charge in [-0.25, -0.2) is 0 Å². The van der Waals surface area contributed by atoms with Gasteiger partial charge in [-0.3, -0.25) is 0 Å². The van der Waals surface area contributed by atoms with Crippen LogP contribution in [-0.4, -0.2) is 6.04 Å². The van der Waals surface area contributed by atoms with Gasteiger partial charge in [0.1, 0.15) is 0 Å². The van der Waals surface area contributed by atoms with Crippen molar-refractivity contribution < 1.29 is 0 Å². The van der Waals surface area contributed by atoms with E-state index in [4.69, 9.17) is 0 Å². The lowest BCUT2D eigenvalue weighted by Crippen LogP contribution is -2.20. The Bertz CT molecular complexity index is 242. The summed E-state index contributed by atoms with van der Waals surface area (Å²) in [7, 11) is 0. The molecule has 0 bridgehead atoms. The van der Waals surface area contributed by atoms with Crippen molar-refractivity contribution >= 4 is 0 Å². The molecular weight excluding hydrogens is 146 g/mol. The highest BCUT2D eigenvalue weighted by molar-refractivity contribution is 5.19. The van der Waals surface area contributed by atoms with Crippen LogP contribution in [0, 0.1) is 0 Å². The summed E-state index contributed by atoms with van der Waals surface area (Å²) in [5, 5.41) is 3.57. The van der Waals surface area contributed by atoms with E-state index < -0.39 is 0 Å². The Balaban J connectivity index is 2.11. The SMILES string of the molecule is CC1CC[C@@H](c2ccccc2)N1. The van der Waals surface area contributed by atoms with E-state index in [0.717, 1.165) is 0 Å². The van der Waals surface area contributed by atoms with Crippen molar-refractivity contribution in [3.63, 3.8) is 0 Å². The number of hydrogen-bond acceptors (Lipinski definition) is 1. The summed E-state index contributed by atoms with van der Waals surface area (Å²) < 4.78 is 0. The fourth-order valence-electron chi connectivity index (χ4n) is 1.88. The van der Waals surface area contributed by atoms with E-state index in [0.29, 0.717) is 12.1 Å². The van der Waals surface area contributed by atoms with Crippen molar-refractivity contribution in [3.05, 3.63) is 35.9 Å². The lowest BCUT2D eigenvalue weighted by molar-refractivity contribution is 0.585. The topological polar surface area (TPSA) is 12.0 Å². The molecule has 0 radical (unpaired) electrons. The molecule has 1 heteroatoms. The highest BCUT2D eigenvalue weighted by Gasteiger charge is 2.20. The average Bonchev–Trinajstić information content (AvgIpc) is 2.54. The van der Waals surface area contributed by atoms with Crippen molar-refractivity contribution in [2.45, 2.75) is 31.8 Å². The maximum atomic E-state index is 3.57. The van der Waals surface area contributed by atoms with E-state index in [1.165, 1.54) is 18.4 Å². The van der Waals surface area contributed by atoms with Gasteiger partial charge in [-0.2, -0.15) is 0 Å². The molecule has 0 aromatic heterocycles. The molecule has 0 amide bonds. The summed E-state index contributed by atoms with van der Waals surface area (Å²) in [5.74, 6) is 0. The van der Waals surface area contributed by atoms with Crippen molar-refractivity contribution in [2.75, 3.05) is 0 Å². The van der Waals surface area contributed by atoms with Crippen LogP contribution in [0.1, 0.15) is 31.4 Å². The van der Waals surface area contributed by atoms with Gasteiger partial charge in [0.05, 0.1) is 0 Å². The fraction of sp³-hybridized carbons (Fsp3) is 0.455. The fourth-order valence-corrected chi connectivity index (χ4v) is 1.88. The third kappa shape index (κ3) is 1.51. The molecule has 1 saturated heterocycles. The monoisotopic (exact) mass is 161 g/mol. The van der Waals surface area contributed by atoms with Crippen LogP contribution in [0.25, 0.3) is 0 Å². The minimum absolute atomic E-state index is 0.598. The molecule has 12 heavy (non-hydrogen) atoms. The van der Waals surface area contributed by atoms with Crippen LogP contribution < -0.4 is 5.32 Å². The molecule has 1 heterocycles. The molecule has 1 unspecified atom stereocenters. The Morgan fingerprint density at radius 1 is 1.17 bits per heavy atom. The molecule has 0 saturated carbocycles. The van der Waals surface area contributed by atoms with Gasteiger partial charge >= 0.3 is 0 Å². The summed E-state index contributed by atoms with van der Waals surface area (Å²) in [6, 6.07) is 12.0. The predicted molar refractivity (Wildman–Crippen MR) is 51.0 cm³/mol. The second kappa shape index (κ2) is 3.28. The Kier molecular flexibility index (Phi) is 2.13. The predicted octanol–water partition coefficient (Wildman–Crippen LogP) is 2.50. The third-order valence-electron chi connectivity index (χ3n) is 2.58. The molecule has 64 valence electrons. The molecular formula is C11H15N. The van der Waals surface area contributed by atoms with Gasteiger partial charge in [0.15, 0.2) is 0 Å². The van der Waals surface area contributed by atoms with E-state index in [2.05, 4.69) is 42.6 Å². The molecule has 1 fully saturated rings. The van der Waals surface area contributed by atoms with Gasteiger partial charge in [0, 0.05) is 12.1 Å². The first kappa shape index (κ1) is 7.81. The molecule has 0 spiro atoms. The van der Waals surface area contributed by atoms with Crippen LogP contribution in [0.3, 0.4) is 0 Å². The zero-order valence-corrected chi connectivity index (χ0v) is 7.46. The molecule has 0 aliphatic carbocycles. The summed E-state index contributed by atoms with van der Waals surface area (Å²) >= 11 is 0. The highest BCUT2D eigenvalue weighted by atomic mass is 15.0. The van der Waals surface area contributed by atoms with Crippen LogP contribution in [0.15, 0.2) is 30.3 Å². The highest BCUT2D eigenvalue weighted by Crippen LogP contribution is 2.25. The zero-order valence-electron chi connectivity index (χ0n) is 7.46. The Morgan fingerprint density at radius 2 is 1.92 bits per heavy atom. The molecule has 1 aliphatic rings. The quantitative estimate of drug-likeness (QED) is 0.667. The smallest absolute Gasteiger partial charge is 0.0323 e. The number of rotatable bonds is 1. The van der Waals surface area contributed by atoms with Crippen LogP contribution in [-0.2, 0) is 0 Å². The largest absolute Gasteiger partial charge is 0.307 e. The molecule has 1 nitrogen and oxygen atoms in total. The van der Waals surface area contributed by atoms with Crippen molar-refractivity contribution in [2.24, 2.45) is 0 Å². The minimum Gasteiger partial charge on any atom is -0.307 e. The summed E-state index contributed by atoms with van der Waals surface area (Å²) in [4.78, 5) is 0. The maximum absolute atomic E-state index is 3.57. The number of benzene rings is 1. The van der Waals surface area contributed by atoms with E-state index >= 15 is 0 Å². The van der Waals surface area contributed by atoms with Crippen LogP contribution in [0.4, 0.5) is 0 Å². The normalized spacial score (nSPS) is 29.1. The second-order valence-corrected chi connectivity index (χ2v) is 3.61. The van der Waals surface area contributed by atoms with Gasteiger partial charge in [0.25, 0.3) is 0 Å². The van der Waals surface area contributed by atoms with Gasteiger partial charge in [-0.05, 0) is 25.3 Å².